The van der Waals surface area contributed by atoms with Gasteiger partial charge in [-0.05, 0) is 25.0 Å². The topological polar surface area (TPSA) is 89.1 Å². The Morgan fingerprint density at radius 3 is 2.85 bits per heavy atom. The summed E-state index contributed by atoms with van der Waals surface area (Å²) in [5.41, 5.74) is 0.603. The van der Waals surface area contributed by atoms with Crippen LogP contribution in [0.4, 0.5) is 10.5 Å². The van der Waals surface area contributed by atoms with Gasteiger partial charge in [-0.25, -0.2) is 4.79 Å². The zero-order valence-electron chi connectivity index (χ0n) is 14.7. The summed E-state index contributed by atoms with van der Waals surface area (Å²) >= 11 is 0. The lowest BCUT2D eigenvalue weighted by molar-refractivity contribution is -0.137. The average Bonchev–Trinajstić information content (AvgIpc) is 3.19. The van der Waals surface area contributed by atoms with Crippen LogP contribution in [0.2, 0.25) is 0 Å². The van der Waals surface area contributed by atoms with Crippen LogP contribution in [0.15, 0.2) is 24.3 Å². The molecule has 0 spiro atoms. The number of hydrogen-bond donors (Lipinski definition) is 2. The van der Waals surface area contributed by atoms with Gasteiger partial charge in [0.1, 0.15) is 5.75 Å². The number of anilines is 1. The quantitative estimate of drug-likeness (QED) is 0.793. The van der Waals surface area contributed by atoms with Gasteiger partial charge >= 0.3 is 6.03 Å². The van der Waals surface area contributed by atoms with Gasteiger partial charge in [0.15, 0.2) is 6.61 Å². The second-order valence-electron chi connectivity index (χ2n) is 6.28. The van der Waals surface area contributed by atoms with E-state index in [-0.39, 0.29) is 24.6 Å². The number of carbonyl (C=O) groups is 2. The molecule has 142 valence electrons. The van der Waals surface area contributed by atoms with Gasteiger partial charge in [-0.1, -0.05) is 6.07 Å². The first-order valence-corrected chi connectivity index (χ1v) is 8.95. The third-order valence-corrected chi connectivity index (χ3v) is 4.33. The molecule has 0 radical (unpaired) electrons. The van der Waals surface area contributed by atoms with Crippen LogP contribution in [-0.4, -0.2) is 69.0 Å². The van der Waals surface area contributed by atoms with E-state index in [0.29, 0.717) is 44.3 Å². The first kappa shape index (κ1) is 18.5. The van der Waals surface area contributed by atoms with Crippen LogP contribution in [-0.2, 0) is 14.3 Å². The number of nitrogens with zero attached hydrogens (tertiary/aromatic N) is 1. The minimum Gasteiger partial charge on any atom is -0.484 e. The molecule has 2 aliphatic rings. The van der Waals surface area contributed by atoms with Gasteiger partial charge in [-0.3, -0.25) is 4.79 Å². The zero-order chi connectivity index (χ0) is 18.2. The fraction of sp³-hybridized carbons (Fsp3) is 0.556. The highest BCUT2D eigenvalue weighted by Crippen LogP contribution is 2.17. The van der Waals surface area contributed by atoms with Crippen LogP contribution in [0.5, 0.6) is 5.75 Å². The number of benzene rings is 1. The Kier molecular flexibility index (Phi) is 6.68. The van der Waals surface area contributed by atoms with Crippen molar-refractivity contribution in [2.24, 2.45) is 0 Å². The highest BCUT2D eigenvalue weighted by molar-refractivity contribution is 5.89. The molecule has 26 heavy (non-hydrogen) atoms. The number of carbonyl (C=O) groups excluding carboxylic acids is 2. The molecule has 2 aliphatic heterocycles. The Bertz CT molecular complexity index is 613. The van der Waals surface area contributed by atoms with E-state index in [9.17, 15) is 9.59 Å². The second-order valence-corrected chi connectivity index (χ2v) is 6.28. The lowest BCUT2D eigenvalue weighted by atomic mass is 10.2. The second kappa shape index (κ2) is 9.40. The predicted octanol–water partition coefficient (Wildman–Crippen LogP) is 1.22. The zero-order valence-corrected chi connectivity index (χ0v) is 14.7. The van der Waals surface area contributed by atoms with Gasteiger partial charge < -0.3 is 29.7 Å². The van der Waals surface area contributed by atoms with E-state index >= 15 is 0 Å². The molecule has 0 aromatic heterocycles. The summed E-state index contributed by atoms with van der Waals surface area (Å²) in [4.78, 5) is 25.8. The van der Waals surface area contributed by atoms with Gasteiger partial charge in [0.2, 0.25) is 0 Å². The molecule has 1 aromatic rings. The fourth-order valence-electron chi connectivity index (χ4n) is 2.90. The van der Waals surface area contributed by atoms with Gasteiger partial charge in [0, 0.05) is 38.0 Å². The average molecular weight is 363 g/mol. The molecule has 0 bridgehead atoms. The van der Waals surface area contributed by atoms with Gasteiger partial charge in [0.25, 0.3) is 5.91 Å². The molecule has 0 aliphatic carbocycles. The van der Waals surface area contributed by atoms with Crippen molar-refractivity contribution in [1.82, 2.24) is 10.2 Å². The normalized spacial score (nSPS) is 19.8. The number of amides is 3. The van der Waals surface area contributed by atoms with Crippen molar-refractivity contribution in [2.75, 3.05) is 51.4 Å². The molecule has 1 unspecified atom stereocenters. The van der Waals surface area contributed by atoms with E-state index in [1.165, 1.54) is 0 Å². The molecule has 2 saturated heterocycles. The molecule has 8 nitrogen and oxygen atoms in total. The minimum atomic E-state index is -0.290. The number of urea groups is 1. The molecule has 3 amide bonds. The smallest absolute Gasteiger partial charge is 0.319 e. The Morgan fingerprint density at radius 2 is 2.08 bits per heavy atom. The number of hydrogen-bond acceptors (Lipinski definition) is 5. The van der Waals surface area contributed by atoms with Crippen molar-refractivity contribution in [3.8, 4) is 5.75 Å². The molecule has 2 N–H and O–H groups in total. The van der Waals surface area contributed by atoms with Gasteiger partial charge in [-0.2, -0.15) is 0 Å². The van der Waals surface area contributed by atoms with E-state index in [0.717, 1.165) is 19.4 Å². The van der Waals surface area contributed by atoms with E-state index < -0.39 is 0 Å². The van der Waals surface area contributed by atoms with Crippen LogP contribution < -0.4 is 15.4 Å². The molecule has 2 fully saturated rings. The molecule has 1 atom stereocenters. The SMILES string of the molecule is O=C(NCC1CCCO1)Nc1cccc(OCC(=O)N2CCOCC2)c1. The maximum Gasteiger partial charge on any atom is 0.319 e. The summed E-state index contributed by atoms with van der Waals surface area (Å²) in [6.45, 7) is 3.53. The van der Waals surface area contributed by atoms with Gasteiger partial charge in [-0.15, -0.1) is 0 Å². The van der Waals surface area contributed by atoms with Crippen LogP contribution in [0.1, 0.15) is 12.8 Å². The van der Waals surface area contributed by atoms with E-state index in [4.69, 9.17) is 14.2 Å². The fourth-order valence-corrected chi connectivity index (χ4v) is 2.90. The Labute approximate surface area is 152 Å². The van der Waals surface area contributed by atoms with Crippen molar-refractivity contribution >= 4 is 17.6 Å². The molecular formula is C18H25N3O5. The summed E-state index contributed by atoms with van der Waals surface area (Å²) < 4.78 is 16.3. The molecule has 0 saturated carbocycles. The molecule has 2 heterocycles. The third kappa shape index (κ3) is 5.60. The van der Waals surface area contributed by atoms with E-state index in [1.807, 2.05) is 0 Å². The van der Waals surface area contributed by atoms with Crippen molar-refractivity contribution in [1.29, 1.82) is 0 Å². The molecular weight excluding hydrogens is 338 g/mol. The highest BCUT2D eigenvalue weighted by atomic mass is 16.5. The van der Waals surface area contributed by atoms with E-state index in [2.05, 4.69) is 10.6 Å². The number of nitrogens with one attached hydrogen (secondary N) is 2. The maximum absolute atomic E-state index is 12.1. The molecule has 1 aromatic carbocycles. The standard InChI is InChI=1S/C18H25N3O5/c22-17(21-6-9-24-10-7-21)13-26-15-4-1-3-14(11-15)20-18(23)19-12-16-5-2-8-25-16/h1,3-4,11,16H,2,5-10,12-13H2,(H2,19,20,23). The van der Waals surface area contributed by atoms with Crippen LogP contribution in [0, 0.1) is 0 Å². The van der Waals surface area contributed by atoms with Crippen LogP contribution in [0.3, 0.4) is 0 Å². The van der Waals surface area contributed by atoms with Crippen molar-refractivity contribution < 1.29 is 23.8 Å². The summed E-state index contributed by atoms with van der Waals surface area (Å²) in [7, 11) is 0. The van der Waals surface area contributed by atoms with Gasteiger partial charge in [0.05, 0.1) is 19.3 Å². The van der Waals surface area contributed by atoms with Crippen molar-refractivity contribution in [2.45, 2.75) is 18.9 Å². The Hall–Kier alpha value is -2.32. The summed E-state index contributed by atoms with van der Waals surface area (Å²) in [5.74, 6) is 0.463. The molecule has 3 rings (SSSR count). The predicted molar refractivity (Wildman–Crippen MR) is 95.3 cm³/mol. The Morgan fingerprint density at radius 1 is 1.23 bits per heavy atom. The maximum atomic E-state index is 12.1. The lowest BCUT2D eigenvalue weighted by Gasteiger charge is -2.26. The van der Waals surface area contributed by atoms with Crippen LogP contribution >= 0.6 is 0 Å². The van der Waals surface area contributed by atoms with E-state index in [1.54, 1.807) is 29.2 Å². The largest absolute Gasteiger partial charge is 0.484 e. The van der Waals surface area contributed by atoms with Crippen molar-refractivity contribution in [3.63, 3.8) is 0 Å². The minimum absolute atomic E-state index is 0.0331. The first-order valence-electron chi connectivity index (χ1n) is 8.95. The number of rotatable bonds is 6. The summed E-state index contributed by atoms with van der Waals surface area (Å²) in [6.07, 6.45) is 2.11. The molecule has 8 heteroatoms. The van der Waals surface area contributed by atoms with Crippen molar-refractivity contribution in [3.05, 3.63) is 24.3 Å². The Balaban J connectivity index is 1.43. The number of morpholine rings is 1. The first-order chi connectivity index (χ1) is 12.7. The number of ether oxygens (including phenoxy) is 3. The monoisotopic (exact) mass is 363 g/mol. The highest BCUT2D eigenvalue weighted by Gasteiger charge is 2.18. The van der Waals surface area contributed by atoms with Crippen LogP contribution in [0.25, 0.3) is 0 Å². The lowest BCUT2D eigenvalue weighted by Crippen LogP contribution is -2.42. The summed E-state index contributed by atoms with van der Waals surface area (Å²) in [6, 6.07) is 6.69. The summed E-state index contributed by atoms with van der Waals surface area (Å²) in [5, 5.41) is 5.56. The third-order valence-electron chi connectivity index (χ3n) is 4.33.